The van der Waals surface area contributed by atoms with Crippen LogP contribution in [0.1, 0.15) is 10.5 Å². The molecule has 1 aromatic heterocycles. The van der Waals surface area contributed by atoms with E-state index in [4.69, 9.17) is 0 Å². The summed E-state index contributed by atoms with van der Waals surface area (Å²) >= 11 is 0. The van der Waals surface area contributed by atoms with Crippen molar-refractivity contribution in [3.05, 3.63) is 62.6 Å². The molecule has 1 aromatic carbocycles. The molecule has 96 valence electrons. The van der Waals surface area contributed by atoms with Gasteiger partial charge in [-0.3, -0.25) is 19.7 Å². The Morgan fingerprint density at radius 1 is 1.32 bits per heavy atom. The van der Waals surface area contributed by atoms with Crippen molar-refractivity contribution in [2.75, 3.05) is 5.32 Å². The minimum atomic E-state index is -0.572. The zero-order valence-corrected chi connectivity index (χ0v) is 9.49. The summed E-state index contributed by atoms with van der Waals surface area (Å²) in [6.07, 6.45) is 0. The Hall–Kier alpha value is -3.03. The van der Waals surface area contributed by atoms with Crippen molar-refractivity contribution in [1.82, 2.24) is 10.2 Å². The lowest BCUT2D eigenvalue weighted by Crippen LogP contribution is -2.17. The van der Waals surface area contributed by atoms with Gasteiger partial charge >= 0.3 is 0 Å². The van der Waals surface area contributed by atoms with Gasteiger partial charge in [-0.25, -0.2) is 5.10 Å². The van der Waals surface area contributed by atoms with Crippen LogP contribution in [-0.4, -0.2) is 21.0 Å². The number of nitrogens with one attached hydrogen (secondary N) is 2. The summed E-state index contributed by atoms with van der Waals surface area (Å²) in [7, 11) is 0. The van der Waals surface area contributed by atoms with Gasteiger partial charge in [0.15, 0.2) is 0 Å². The third-order valence-electron chi connectivity index (χ3n) is 2.23. The van der Waals surface area contributed by atoms with E-state index >= 15 is 0 Å². The molecule has 0 saturated heterocycles. The highest BCUT2D eigenvalue weighted by molar-refractivity contribution is 6.02. The monoisotopic (exact) mass is 260 g/mol. The Bertz CT molecular complexity index is 675. The summed E-state index contributed by atoms with van der Waals surface area (Å²) in [5.41, 5.74) is -0.280. The Morgan fingerprint density at radius 3 is 2.74 bits per heavy atom. The van der Waals surface area contributed by atoms with Gasteiger partial charge in [-0.05, 0) is 12.1 Å². The molecule has 2 aromatic rings. The molecular formula is C11H8N4O4. The number of hydrogen-bond donors (Lipinski definition) is 2. The second kappa shape index (κ2) is 5.08. The molecule has 8 heteroatoms. The molecule has 0 aliphatic rings. The van der Waals surface area contributed by atoms with Crippen LogP contribution in [0.4, 0.5) is 11.4 Å². The fourth-order valence-corrected chi connectivity index (χ4v) is 1.36. The lowest BCUT2D eigenvalue weighted by Gasteiger charge is -2.03. The molecule has 1 heterocycles. The van der Waals surface area contributed by atoms with E-state index in [1.54, 1.807) is 0 Å². The molecule has 0 unspecified atom stereocenters. The maximum absolute atomic E-state index is 11.7. The van der Waals surface area contributed by atoms with Gasteiger partial charge in [0.1, 0.15) is 5.69 Å². The normalized spacial score (nSPS) is 9.89. The number of hydrogen-bond acceptors (Lipinski definition) is 5. The first kappa shape index (κ1) is 12.4. The summed E-state index contributed by atoms with van der Waals surface area (Å²) in [6.45, 7) is 0. The number of amides is 1. The van der Waals surface area contributed by atoms with E-state index in [-0.39, 0.29) is 17.1 Å². The first-order valence-electron chi connectivity index (χ1n) is 5.18. The van der Waals surface area contributed by atoms with Crippen LogP contribution in [0.5, 0.6) is 0 Å². The van der Waals surface area contributed by atoms with Crippen LogP contribution in [0.25, 0.3) is 0 Å². The van der Waals surface area contributed by atoms with Crippen molar-refractivity contribution in [1.29, 1.82) is 0 Å². The number of aromatic amines is 1. The Balaban J connectivity index is 2.19. The number of anilines is 1. The van der Waals surface area contributed by atoms with Crippen LogP contribution in [0, 0.1) is 10.1 Å². The standard InChI is InChI=1S/C11H8N4O4/c16-10-5-4-9(13-14-10)11(17)12-7-2-1-3-8(6-7)15(18)19/h1-6H,(H,12,17)(H,14,16). The Labute approximate surface area is 106 Å². The highest BCUT2D eigenvalue weighted by Crippen LogP contribution is 2.17. The van der Waals surface area contributed by atoms with Crippen molar-refractivity contribution in [2.45, 2.75) is 0 Å². The van der Waals surface area contributed by atoms with Crippen LogP contribution in [-0.2, 0) is 0 Å². The van der Waals surface area contributed by atoms with Gasteiger partial charge in [-0.2, -0.15) is 5.10 Å². The van der Waals surface area contributed by atoms with E-state index in [1.807, 2.05) is 0 Å². The van der Waals surface area contributed by atoms with Crippen molar-refractivity contribution >= 4 is 17.3 Å². The molecule has 2 rings (SSSR count). The highest BCUT2D eigenvalue weighted by atomic mass is 16.6. The summed E-state index contributed by atoms with van der Waals surface area (Å²) < 4.78 is 0. The number of H-pyrrole nitrogens is 1. The van der Waals surface area contributed by atoms with Gasteiger partial charge in [-0.15, -0.1) is 0 Å². The van der Waals surface area contributed by atoms with Gasteiger partial charge in [0.2, 0.25) is 0 Å². The zero-order valence-electron chi connectivity index (χ0n) is 9.49. The maximum Gasteiger partial charge on any atom is 0.276 e. The molecule has 0 saturated carbocycles. The van der Waals surface area contributed by atoms with E-state index in [2.05, 4.69) is 15.5 Å². The van der Waals surface area contributed by atoms with E-state index in [0.29, 0.717) is 0 Å². The fourth-order valence-electron chi connectivity index (χ4n) is 1.36. The largest absolute Gasteiger partial charge is 0.320 e. The van der Waals surface area contributed by atoms with E-state index in [1.165, 1.54) is 30.3 Å². The first-order valence-corrected chi connectivity index (χ1v) is 5.18. The van der Waals surface area contributed by atoms with E-state index in [9.17, 15) is 19.7 Å². The molecule has 0 fully saturated rings. The Kier molecular flexibility index (Phi) is 3.33. The minimum absolute atomic E-state index is 0.00565. The summed E-state index contributed by atoms with van der Waals surface area (Å²) in [5.74, 6) is -0.572. The number of benzene rings is 1. The van der Waals surface area contributed by atoms with Crippen LogP contribution in [0.3, 0.4) is 0 Å². The van der Waals surface area contributed by atoms with Crippen LogP contribution in [0.15, 0.2) is 41.2 Å². The van der Waals surface area contributed by atoms with E-state index in [0.717, 1.165) is 6.07 Å². The molecular weight excluding hydrogens is 252 g/mol. The first-order chi connectivity index (χ1) is 9.06. The molecule has 0 bridgehead atoms. The molecule has 2 N–H and O–H groups in total. The average Bonchev–Trinajstić information content (AvgIpc) is 2.39. The average molecular weight is 260 g/mol. The van der Waals surface area contributed by atoms with Crippen molar-refractivity contribution in [3.8, 4) is 0 Å². The molecule has 1 amide bonds. The summed E-state index contributed by atoms with van der Waals surface area (Å²) in [6, 6.07) is 7.92. The number of carbonyl (C=O) groups excluding carboxylic acids is 1. The quantitative estimate of drug-likeness (QED) is 0.628. The molecule has 0 aliphatic carbocycles. The molecule has 0 radical (unpaired) electrons. The van der Waals surface area contributed by atoms with Crippen LogP contribution >= 0.6 is 0 Å². The summed E-state index contributed by atoms with van der Waals surface area (Å²) in [4.78, 5) is 32.6. The van der Waals surface area contributed by atoms with Gasteiger partial charge in [0.05, 0.1) is 4.92 Å². The van der Waals surface area contributed by atoms with Crippen LogP contribution < -0.4 is 10.9 Å². The SMILES string of the molecule is O=C(Nc1cccc([N+](=O)[O-])c1)c1ccc(=O)[nH]n1. The lowest BCUT2D eigenvalue weighted by molar-refractivity contribution is -0.384. The van der Waals surface area contributed by atoms with Crippen LogP contribution in [0.2, 0.25) is 0 Å². The van der Waals surface area contributed by atoms with Crippen molar-refractivity contribution in [3.63, 3.8) is 0 Å². The topological polar surface area (TPSA) is 118 Å². The van der Waals surface area contributed by atoms with Crippen molar-refractivity contribution in [2.24, 2.45) is 0 Å². The van der Waals surface area contributed by atoms with Gasteiger partial charge < -0.3 is 5.32 Å². The smallest absolute Gasteiger partial charge is 0.276 e. The number of non-ortho nitro benzene ring substituents is 1. The van der Waals surface area contributed by atoms with Gasteiger partial charge in [0.25, 0.3) is 17.2 Å². The fraction of sp³-hybridized carbons (Fsp3) is 0. The summed E-state index contributed by atoms with van der Waals surface area (Å²) in [5, 5.41) is 18.7. The lowest BCUT2D eigenvalue weighted by atomic mass is 10.2. The number of carbonyl (C=O) groups is 1. The molecule has 0 spiro atoms. The minimum Gasteiger partial charge on any atom is -0.320 e. The van der Waals surface area contributed by atoms with Gasteiger partial charge in [0, 0.05) is 23.9 Å². The predicted octanol–water partition coefficient (Wildman–Crippen LogP) is 0.930. The number of nitro groups is 1. The molecule has 19 heavy (non-hydrogen) atoms. The number of nitro benzene ring substituents is 1. The second-order valence-electron chi connectivity index (χ2n) is 3.57. The number of rotatable bonds is 3. The second-order valence-corrected chi connectivity index (χ2v) is 3.57. The molecule has 8 nitrogen and oxygen atoms in total. The third kappa shape index (κ3) is 3.00. The van der Waals surface area contributed by atoms with E-state index < -0.39 is 16.4 Å². The molecule has 0 atom stereocenters. The Morgan fingerprint density at radius 2 is 2.11 bits per heavy atom. The maximum atomic E-state index is 11.7. The number of aromatic nitrogens is 2. The third-order valence-corrected chi connectivity index (χ3v) is 2.23. The zero-order chi connectivity index (χ0) is 13.8. The highest BCUT2D eigenvalue weighted by Gasteiger charge is 2.10. The van der Waals surface area contributed by atoms with Crippen molar-refractivity contribution < 1.29 is 9.72 Å². The van der Waals surface area contributed by atoms with Gasteiger partial charge in [-0.1, -0.05) is 6.07 Å². The number of nitrogens with zero attached hydrogens (tertiary/aromatic N) is 2. The predicted molar refractivity (Wildman–Crippen MR) is 65.9 cm³/mol. The molecule has 0 aliphatic heterocycles.